The van der Waals surface area contributed by atoms with Crippen molar-refractivity contribution in [1.82, 2.24) is 0 Å². The van der Waals surface area contributed by atoms with Gasteiger partial charge in [0.25, 0.3) is 0 Å². The minimum absolute atomic E-state index is 0.927. The van der Waals surface area contributed by atoms with E-state index < -0.39 is 21.3 Å². The SMILES string of the molecule is [2H]ON=I[NH-]. The van der Waals surface area contributed by atoms with Crippen LogP contribution < -0.4 is 0 Å². The predicted octanol–water partition coefficient (Wildman–Crippen LogP) is 1.50. The van der Waals surface area contributed by atoms with Gasteiger partial charge in [0, 0.05) is 0 Å². The maximum absolute atomic E-state index is 6.30. The summed E-state index contributed by atoms with van der Waals surface area (Å²) in [5, 5.41) is 3.43. The lowest BCUT2D eigenvalue weighted by Gasteiger charge is -1.66. The van der Waals surface area contributed by atoms with Crippen molar-refractivity contribution >= 4 is 21.3 Å². The molecule has 0 aromatic rings. The zero-order chi connectivity index (χ0) is 4.12. The van der Waals surface area contributed by atoms with Crippen molar-refractivity contribution in [3.63, 3.8) is 0 Å². The van der Waals surface area contributed by atoms with Crippen molar-refractivity contribution < 1.29 is 6.64 Å². The van der Waals surface area contributed by atoms with Gasteiger partial charge in [0.2, 0.25) is 1.43 Å². The third kappa shape index (κ3) is 2.45. The largest absolute Gasteiger partial charge is 0.602 e. The van der Waals surface area contributed by atoms with Crippen molar-refractivity contribution in [2.45, 2.75) is 0 Å². The molecule has 0 atom stereocenters. The van der Waals surface area contributed by atoms with E-state index in [9.17, 15) is 0 Å². The summed E-state index contributed by atoms with van der Waals surface area (Å²) in [6, 6.07) is 0. The van der Waals surface area contributed by atoms with Crippen molar-refractivity contribution in [2.75, 3.05) is 0 Å². The molecule has 0 spiro atoms. The van der Waals surface area contributed by atoms with E-state index >= 15 is 0 Å². The summed E-state index contributed by atoms with van der Waals surface area (Å²) in [6.07, 6.45) is 0. The molecule has 0 saturated heterocycles. The van der Waals surface area contributed by atoms with E-state index in [2.05, 4.69) is 8.52 Å². The van der Waals surface area contributed by atoms with Crippen LogP contribution in [0.15, 0.2) is 3.31 Å². The third-order valence-corrected chi connectivity index (χ3v) is 0.231. The smallest absolute Gasteiger partial charge is 0.249 e. The minimum Gasteiger partial charge on any atom is -0.602 e. The topological polar surface area (TPSA) is 56.4 Å². The van der Waals surface area contributed by atoms with Crippen LogP contribution in [0.3, 0.4) is 0 Å². The molecule has 0 rings (SSSR count). The first-order chi connectivity index (χ1) is 2.41. The molecule has 4 heteroatoms. The van der Waals surface area contributed by atoms with Crippen LogP contribution >= 0.6 is 21.3 Å². The van der Waals surface area contributed by atoms with Gasteiger partial charge in [-0.05, 0) is 0 Å². The summed E-state index contributed by atoms with van der Waals surface area (Å²) >= 11 is -0.927. The van der Waals surface area contributed by atoms with Crippen LogP contribution in [0.25, 0.3) is 3.95 Å². The monoisotopic (exact) mass is 174 g/mol. The van der Waals surface area contributed by atoms with E-state index in [-0.39, 0.29) is 0 Å². The number of halogens is 1. The second-order valence-electron chi connectivity index (χ2n) is 0.154. The van der Waals surface area contributed by atoms with E-state index in [4.69, 9.17) is 5.38 Å². The highest BCUT2D eigenvalue weighted by Gasteiger charge is 1.21. The van der Waals surface area contributed by atoms with Gasteiger partial charge in [0.15, 0.2) is 0 Å². The maximum Gasteiger partial charge on any atom is 0.249 e. The average molecular weight is 174 g/mol. The molecule has 0 unspecified atom stereocenters. The van der Waals surface area contributed by atoms with Crippen LogP contribution in [-0.4, -0.2) is 5.21 Å². The molecule has 0 bridgehead atoms. The number of nitrogens with one attached hydrogen (secondary N) is 1. The molecule has 26 valence electrons. The molecule has 3 nitrogen and oxygen atoms in total. The summed E-state index contributed by atoms with van der Waals surface area (Å²) in [5.41, 5.74) is 0. The second kappa shape index (κ2) is 3.45. The molecule has 0 saturated carbocycles. The summed E-state index contributed by atoms with van der Waals surface area (Å²) in [7, 11) is 0. The highest BCUT2D eigenvalue weighted by atomic mass is 127. The van der Waals surface area contributed by atoms with Gasteiger partial charge >= 0.3 is 0 Å². The van der Waals surface area contributed by atoms with Gasteiger partial charge in [0.1, 0.15) is 0 Å². The molecular formula is H2IN2O-. The highest BCUT2D eigenvalue weighted by Crippen LogP contribution is 1.90. The number of nitrogens with zero attached hydrogens (tertiary/aromatic N) is 1. The normalized spacial score (nSPS) is 14.8. The van der Waals surface area contributed by atoms with Crippen molar-refractivity contribution in [1.29, 1.82) is 0 Å². The van der Waals surface area contributed by atoms with Crippen molar-refractivity contribution in [3.05, 3.63) is 3.95 Å². The van der Waals surface area contributed by atoms with Gasteiger partial charge in [-0.3, -0.25) is 5.21 Å². The Morgan fingerprint density at radius 2 is 3.25 bits per heavy atom. The first kappa shape index (κ1) is 2.67. The number of hydrogen-bond acceptors (Lipinski definition) is 2. The van der Waals surface area contributed by atoms with E-state index in [1.165, 1.54) is 0 Å². The van der Waals surface area contributed by atoms with Crippen LogP contribution in [0.4, 0.5) is 0 Å². The lowest BCUT2D eigenvalue weighted by atomic mass is 13.6. The fourth-order valence-corrected chi connectivity index (χ4v) is 0. The Balaban J connectivity index is 2.62. The van der Waals surface area contributed by atoms with Gasteiger partial charge in [0.05, 0.1) is 0 Å². The highest BCUT2D eigenvalue weighted by molar-refractivity contribution is 14.2. The van der Waals surface area contributed by atoms with Crippen LogP contribution in [0, 0.1) is 0 Å². The third-order valence-electron chi connectivity index (χ3n) is 0.0345. The Bertz CT molecular complexity index is 36.6. The molecule has 0 fully saturated rings. The molecule has 4 heavy (non-hydrogen) atoms. The zero-order valence-electron chi connectivity index (χ0n) is 2.73. The summed E-state index contributed by atoms with van der Waals surface area (Å²) in [4.78, 5) is 0. The number of rotatable bonds is 1. The second-order valence-corrected chi connectivity index (χ2v) is 1.03. The Morgan fingerprint density at radius 3 is 3.25 bits per heavy atom. The van der Waals surface area contributed by atoms with Crippen molar-refractivity contribution in [3.8, 4) is 0 Å². The summed E-state index contributed by atoms with van der Waals surface area (Å²) in [5.74, 6) is 0. The van der Waals surface area contributed by atoms with Crippen LogP contribution in [0.1, 0.15) is 0 Å². The first-order valence-corrected chi connectivity index (χ1v) is 2.58. The maximum atomic E-state index is 6.30. The van der Waals surface area contributed by atoms with Gasteiger partial charge in [-0.15, -0.1) is 24.6 Å². The quantitative estimate of drug-likeness (QED) is 0.475. The minimum atomic E-state index is -0.927. The molecule has 0 aliphatic heterocycles. The van der Waals surface area contributed by atoms with Gasteiger partial charge in [-0.25, -0.2) is 0 Å². The van der Waals surface area contributed by atoms with Gasteiger partial charge in [-0.1, -0.05) is 0 Å². The molecule has 0 aromatic carbocycles. The molecular weight excluding hydrogens is 171 g/mol. The summed E-state index contributed by atoms with van der Waals surface area (Å²) < 4.78 is 15.1. The Labute approximate surface area is 35.8 Å². The molecule has 0 heterocycles. The van der Waals surface area contributed by atoms with Crippen LogP contribution in [0.2, 0.25) is 1.43 Å². The first-order valence-electron chi connectivity index (χ1n) is 0.949. The van der Waals surface area contributed by atoms with Crippen LogP contribution in [0.5, 0.6) is 0 Å². The standard InChI is InChI=1S/H2IN2O/c2-1-3-4/h(H2-,2,3,4)/q-1/i/hD. The Kier molecular flexibility index (Phi) is 2.31. The van der Waals surface area contributed by atoms with Gasteiger partial charge in [-0.2, -0.15) is 0 Å². The predicted molar refractivity (Wildman–Crippen MR) is 22.6 cm³/mol. The number of hydrogen-bond donors (Lipinski definition) is 1. The van der Waals surface area contributed by atoms with E-state index in [0.29, 0.717) is 0 Å². The molecule has 0 amide bonds. The lowest BCUT2D eigenvalue weighted by Crippen LogP contribution is -1.23. The van der Waals surface area contributed by atoms with Gasteiger partial charge < -0.3 is 3.95 Å². The lowest BCUT2D eigenvalue weighted by molar-refractivity contribution is 0.337. The summed E-state index contributed by atoms with van der Waals surface area (Å²) in [6.45, 7) is 0. The molecule has 0 radical (unpaired) electrons. The fourth-order valence-electron chi connectivity index (χ4n) is 0. The van der Waals surface area contributed by atoms with Crippen LogP contribution in [-0.2, 0) is 0 Å². The zero-order valence-corrected chi connectivity index (χ0v) is 3.89. The van der Waals surface area contributed by atoms with E-state index in [1.54, 1.807) is 0 Å². The molecule has 0 aromatic heterocycles. The van der Waals surface area contributed by atoms with E-state index in [0.717, 1.165) is 0 Å². The molecule has 0 aliphatic carbocycles. The fraction of sp³-hybridized carbons (Fsp3) is 0. The average Bonchev–Trinajstić information content (AvgIpc) is 1.41. The molecule has 0 aliphatic rings. The van der Waals surface area contributed by atoms with Crippen molar-refractivity contribution in [2.24, 2.45) is 3.31 Å². The Morgan fingerprint density at radius 1 is 2.50 bits per heavy atom. The Hall–Kier alpha value is 0.450. The van der Waals surface area contributed by atoms with E-state index in [1.807, 2.05) is 0 Å². The molecule has 2 N–H and O–H groups in total.